The number of rotatable bonds is 4. The standard InChI is InChI=1S/C46H28N4O/c1-4-14-29(15-5-1)36-28-41(48-46(47-36)30-16-6-2-7-17-30)50-38-23-13-11-21-35(38)43-40(50)27-25-33-32-24-26-39-42(44(32)51-45(33)43)34-20-10-12-22-37(34)49(39)31-18-8-3-9-19-31/h1-28H. The Balaban J connectivity index is 1.23. The summed E-state index contributed by atoms with van der Waals surface area (Å²) in [6.07, 6.45) is 0. The van der Waals surface area contributed by atoms with Gasteiger partial charge in [-0.05, 0) is 48.5 Å². The van der Waals surface area contributed by atoms with Gasteiger partial charge in [-0.2, -0.15) is 0 Å². The van der Waals surface area contributed by atoms with Gasteiger partial charge in [0.25, 0.3) is 0 Å². The molecule has 238 valence electrons. The fourth-order valence-electron chi connectivity index (χ4n) is 7.92. The molecule has 51 heavy (non-hydrogen) atoms. The molecule has 7 aromatic carbocycles. The smallest absolute Gasteiger partial charge is 0.162 e. The van der Waals surface area contributed by atoms with Gasteiger partial charge < -0.3 is 8.98 Å². The largest absolute Gasteiger partial charge is 0.455 e. The van der Waals surface area contributed by atoms with Gasteiger partial charge in [0, 0.05) is 44.4 Å². The predicted octanol–water partition coefficient (Wildman–Crippen LogP) is 11.9. The first-order chi connectivity index (χ1) is 25.3. The summed E-state index contributed by atoms with van der Waals surface area (Å²) in [6, 6.07) is 59.2. The average Bonchev–Trinajstić information content (AvgIpc) is 3.86. The van der Waals surface area contributed by atoms with Crippen molar-refractivity contribution >= 4 is 65.6 Å². The maximum Gasteiger partial charge on any atom is 0.162 e. The minimum atomic E-state index is 0.680. The van der Waals surface area contributed by atoms with Gasteiger partial charge in [0.15, 0.2) is 5.82 Å². The molecule has 0 aliphatic rings. The second-order valence-corrected chi connectivity index (χ2v) is 13.0. The second kappa shape index (κ2) is 10.8. The van der Waals surface area contributed by atoms with Crippen LogP contribution in [0.25, 0.3) is 99.7 Å². The van der Waals surface area contributed by atoms with E-state index in [-0.39, 0.29) is 0 Å². The van der Waals surface area contributed by atoms with Gasteiger partial charge in [0.2, 0.25) is 0 Å². The number of benzene rings is 7. The first-order valence-corrected chi connectivity index (χ1v) is 17.2. The molecule has 5 heteroatoms. The molecule has 0 spiro atoms. The number of nitrogens with zero attached hydrogens (tertiary/aromatic N) is 4. The number of para-hydroxylation sites is 3. The van der Waals surface area contributed by atoms with Crippen LogP contribution < -0.4 is 0 Å². The predicted molar refractivity (Wildman–Crippen MR) is 209 cm³/mol. The molecule has 0 amide bonds. The van der Waals surface area contributed by atoms with Crippen LogP contribution in [0.15, 0.2) is 174 Å². The fourth-order valence-corrected chi connectivity index (χ4v) is 7.92. The number of aromatic nitrogens is 4. The molecule has 4 aromatic heterocycles. The van der Waals surface area contributed by atoms with Crippen molar-refractivity contribution in [3.63, 3.8) is 0 Å². The highest BCUT2D eigenvalue weighted by Gasteiger charge is 2.23. The average molecular weight is 653 g/mol. The van der Waals surface area contributed by atoms with E-state index in [1.807, 2.05) is 36.4 Å². The third-order valence-corrected chi connectivity index (χ3v) is 10.1. The molecular weight excluding hydrogens is 625 g/mol. The third-order valence-electron chi connectivity index (χ3n) is 10.1. The monoisotopic (exact) mass is 652 g/mol. The third kappa shape index (κ3) is 4.09. The first kappa shape index (κ1) is 27.9. The highest BCUT2D eigenvalue weighted by molar-refractivity contribution is 6.28. The van der Waals surface area contributed by atoms with Crippen LogP contribution in [-0.2, 0) is 0 Å². The maximum absolute atomic E-state index is 7.12. The second-order valence-electron chi connectivity index (χ2n) is 13.0. The van der Waals surface area contributed by atoms with E-state index in [4.69, 9.17) is 14.4 Å². The molecule has 0 fully saturated rings. The van der Waals surface area contributed by atoms with Crippen LogP contribution >= 0.6 is 0 Å². The molecule has 0 unspecified atom stereocenters. The summed E-state index contributed by atoms with van der Waals surface area (Å²) in [6.45, 7) is 0. The van der Waals surface area contributed by atoms with Crippen molar-refractivity contribution in [3.8, 4) is 34.2 Å². The van der Waals surface area contributed by atoms with Crippen molar-refractivity contribution in [2.24, 2.45) is 0 Å². The lowest BCUT2D eigenvalue weighted by Gasteiger charge is -2.12. The Morgan fingerprint density at radius 3 is 1.53 bits per heavy atom. The van der Waals surface area contributed by atoms with Gasteiger partial charge in [-0.1, -0.05) is 115 Å². The lowest BCUT2D eigenvalue weighted by molar-refractivity contribution is 0.677. The molecule has 0 aliphatic carbocycles. The molecule has 0 atom stereocenters. The number of furan rings is 1. The summed E-state index contributed by atoms with van der Waals surface area (Å²) in [5.74, 6) is 1.48. The summed E-state index contributed by atoms with van der Waals surface area (Å²) in [5, 5.41) is 6.67. The summed E-state index contributed by atoms with van der Waals surface area (Å²) >= 11 is 0. The van der Waals surface area contributed by atoms with Crippen LogP contribution in [0, 0.1) is 0 Å². The Hall–Kier alpha value is -6.98. The zero-order chi connectivity index (χ0) is 33.5. The Bertz CT molecular complexity index is 3060. The fraction of sp³-hybridized carbons (Fsp3) is 0. The van der Waals surface area contributed by atoms with Gasteiger partial charge in [0.05, 0.1) is 38.5 Å². The highest BCUT2D eigenvalue weighted by atomic mass is 16.3. The number of fused-ring (bicyclic) bond motifs is 11. The van der Waals surface area contributed by atoms with Gasteiger partial charge in [-0.3, -0.25) is 4.57 Å². The molecule has 0 saturated heterocycles. The van der Waals surface area contributed by atoms with E-state index >= 15 is 0 Å². The van der Waals surface area contributed by atoms with E-state index in [1.165, 1.54) is 5.39 Å². The minimum absolute atomic E-state index is 0.680. The molecular formula is C46H28N4O. The van der Waals surface area contributed by atoms with Crippen LogP contribution in [0.1, 0.15) is 0 Å². The topological polar surface area (TPSA) is 48.8 Å². The van der Waals surface area contributed by atoms with Crippen molar-refractivity contribution in [3.05, 3.63) is 170 Å². The first-order valence-electron chi connectivity index (χ1n) is 17.2. The Kier molecular flexibility index (Phi) is 5.89. The normalized spacial score (nSPS) is 11.9. The van der Waals surface area contributed by atoms with E-state index < -0.39 is 0 Å². The van der Waals surface area contributed by atoms with Gasteiger partial charge in [-0.25, -0.2) is 9.97 Å². The molecule has 11 aromatic rings. The molecule has 0 bridgehead atoms. The number of hydrogen-bond donors (Lipinski definition) is 0. The van der Waals surface area contributed by atoms with Crippen molar-refractivity contribution in [1.29, 1.82) is 0 Å². The molecule has 11 rings (SSSR count). The van der Waals surface area contributed by atoms with E-state index in [2.05, 4.69) is 143 Å². The Labute approximate surface area is 292 Å². The van der Waals surface area contributed by atoms with E-state index in [0.717, 1.165) is 88.5 Å². The Morgan fingerprint density at radius 2 is 0.902 bits per heavy atom. The maximum atomic E-state index is 7.12. The lowest BCUT2D eigenvalue weighted by Crippen LogP contribution is -2.02. The summed E-state index contributed by atoms with van der Waals surface area (Å²) in [5.41, 5.74) is 10.1. The van der Waals surface area contributed by atoms with Crippen LogP contribution in [0.4, 0.5) is 0 Å². The number of hydrogen-bond acceptors (Lipinski definition) is 3. The van der Waals surface area contributed by atoms with Crippen molar-refractivity contribution in [2.75, 3.05) is 0 Å². The molecule has 0 radical (unpaired) electrons. The Morgan fingerprint density at radius 1 is 0.392 bits per heavy atom. The highest BCUT2D eigenvalue weighted by Crippen LogP contribution is 2.44. The molecule has 0 aliphatic heterocycles. The van der Waals surface area contributed by atoms with Crippen LogP contribution in [0.2, 0.25) is 0 Å². The van der Waals surface area contributed by atoms with E-state index in [9.17, 15) is 0 Å². The SMILES string of the molecule is c1ccc(-c2cc(-n3c4ccccc4c4c5oc6c(ccc7c6c6ccccc6n7-c6ccccc6)c5ccc43)nc(-c3ccccc3)n2)cc1. The van der Waals surface area contributed by atoms with Gasteiger partial charge in [-0.15, -0.1) is 0 Å². The molecule has 0 saturated carbocycles. The van der Waals surface area contributed by atoms with Gasteiger partial charge in [0.1, 0.15) is 17.0 Å². The molecule has 0 N–H and O–H groups in total. The zero-order valence-corrected chi connectivity index (χ0v) is 27.4. The summed E-state index contributed by atoms with van der Waals surface area (Å²) in [7, 11) is 0. The van der Waals surface area contributed by atoms with Crippen molar-refractivity contribution < 1.29 is 4.42 Å². The van der Waals surface area contributed by atoms with E-state index in [1.54, 1.807) is 0 Å². The minimum Gasteiger partial charge on any atom is -0.455 e. The zero-order valence-electron chi connectivity index (χ0n) is 27.4. The lowest BCUT2D eigenvalue weighted by atomic mass is 10.1. The van der Waals surface area contributed by atoms with Crippen molar-refractivity contribution in [1.82, 2.24) is 19.1 Å². The quantitative estimate of drug-likeness (QED) is 0.190. The van der Waals surface area contributed by atoms with Crippen LogP contribution in [0.3, 0.4) is 0 Å². The van der Waals surface area contributed by atoms with Crippen LogP contribution in [-0.4, -0.2) is 19.1 Å². The van der Waals surface area contributed by atoms with Gasteiger partial charge >= 0.3 is 0 Å². The summed E-state index contributed by atoms with van der Waals surface area (Å²) < 4.78 is 11.7. The molecule has 5 nitrogen and oxygen atoms in total. The van der Waals surface area contributed by atoms with E-state index in [0.29, 0.717) is 5.82 Å². The summed E-state index contributed by atoms with van der Waals surface area (Å²) in [4.78, 5) is 10.3. The molecule has 4 heterocycles. The van der Waals surface area contributed by atoms with Crippen LogP contribution in [0.5, 0.6) is 0 Å². The van der Waals surface area contributed by atoms with Crippen molar-refractivity contribution in [2.45, 2.75) is 0 Å².